The van der Waals surface area contributed by atoms with Gasteiger partial charge in [0.15, 0.2) is 0 Å². The smallest absolute Gasteiger partial charge is 0.246 e. The molecule has 2 heterocycles. The third-order valence-electron chi connectivity index (χ3n) is 4.65. The molecule has 0 spiro atoms. The van der Waals surface area contributed by atoms with Crippen LogP contribution in [-0.4, -0.2) is 78.3 Å². The summed E-state index contributed by atoms with van der Waals surface area (Å²) in [6.45, 7) is 1.95. The summed E-state index contributed by atoms with van der Waals surface area (Å²) in [7, 11) is 5.45. The number of carbonyl (C=O) groups excluding carboxylic acids is 2. The van der Waals surface area contributed by atoms with Crippen molar-refractivity contribution in [2.75, 3.05) is 40.8 Å². The van der Waals surface area contributed by atoms with Gasteiger partial charge in [-0.1, -0.05) is 18.2 Å². The summed E-state index contributed by atoms with van der Waals surface area (Å²) < 4.78 is 0. The summed E-state index contributed by atoms with van der Waals surface area (Å²) in [4.78, 5) is 34.0. The van der Waals surface area contributed by atoms with Crippen molar-refractivity contribution in [3.05, 3.63) is 36.0 Å². The lowest BCUT2D eigenvalue weighted by atomic mass is 10.1. The summed E-state index contributed by atoms with van der Waals surface area (Å²) in [5.41, 5.74) is 2.00. The van der Waals surface area contributed by atoms with Gasteiger partial charge in [-0.3, -0.25) is 9.59 Å². The number of benzene rings is 1. The van der Waals surface area contributed by atoms with Gasteiger partial charge in [-0.05, 0) is 18.7 Å². The van der Waals surface area contributed by atoms with E-state index in [2.05, 4.69) is 9.88 Å². The van der Waals surface area contributed by atoms with Crippen LogP contribution < -0.4 is 0 Å². The van der Waals surface area contributed by atoms with E-state index in [4.69, 9.17) is 0 Å². The van der Waals surface area contributed by atoms with Gasteiger partial charge < -0.3 is 19.7 Å². The maximum Gasteiger partial charge on any atom is 0.246 e. The Morgan fingerprint density at radius 2 is 2.00 bits per heavy atom. The second-order valence-corrected chi connectivity index (χ2v) is 6.63. The molecule has 24 heavy (non-hydrogen) atoms. The van der Waals surface area contributed by atoms with Crippen molar-refractivity contribution in [2.45, 2.75) is 12.5 Å². The zero-order valence-corrected chi connectivity index (χ0v) is 14.5. The lowest BCUT2D eigenvalue weighted by Crippen LogP contribution is -2.59. The number of carbonyl (C=O) groups is 2. The molecule has 6 heteroatoms. The van der Waals surface area contributed by atoms with Crippen LogP contribution in [0.1, 0.15) is 5.56 Å². The number of nitrogens with one attached hydrogen (secondary N) is 1. The fourth-order valence-electron chi connectivity index (χ4n) is 3.27. The molecule has 2 aromatic rings. The van der Waals surface area contributed by atoms with Gasteiger partial charge in [0, 0.05) is 50.8 Å². The zero-order valence-electron chi connectivity index (χ0n) is 14.5. The number of amides is 2. The van der Waals surface area contributed by atoms with Crippen LogP contribution in [0.2, 0.25) is 0 Å². The lowest BCUT2D eigenvalue weighted by molar-refractivity contribution is -0.147. The molecule has 0 aliphatic carbocycles. The first-order chi connectivity index (χ1) is 11.5. The Morgan fingerprint density at radius 1 is 1.25 bits per heavy atom. The number of fused-ring (bicyclic) bond motifs is 1. The minimum Gasteiger partial charge on any atom is -0.361 e. The number of nitrogens with zero attached hydrogens (tertiary/aromatic N) is 3. The van der Waals surface area contributed by atoms with Crippen LogP contribution in [0.4, 0.5) is 0 Å². The number of rotatable bonds is 3. The molecule has 1 unspecified atom stereocenters. The van der Waals surface area contributed by atoms with Crippen molar-refractivity contribution < 1.29 is 9.59 Å². The van der Waals surface area contributed by atoms with Crippen LogP contribution in [0.3, 0.4) is 0 Å². The number of aromatic nitrogens is 1. The Bertz CT molecular complexity index is 752. The van der Waals surface area contributed by atoms with Crippen LogP contribution in [0.15, 0.2) is 30.5 Å². The van der Waals surface area contributed by atoms with Gasteiger partial charge in [-0.2, -0.15) is 0 Å². The summed E-state index contributed by atoms with van der Waals surface area (Å²) in [5, 5.41) is 1.07. The Balaban J connectivity index is 1.80. The van der Waals surface area contributed by atoms with E-state index < -0.39 is 6.04 Å². The number of para-hydroxylation sites is 1. The van der Waals surface area contributed by atoms with Crippen molar-refractivity contribution in [1.82, 2.24) is 19.7 Å². The van der Waals surface area contributed by atoms with Gasteiger partial charge in [0.2, 0.25) is 11.8 Å². The number of likely N-dealkylation sites (N-methyl/N-ethyl adjacent to an activating group) is 2. The molecule has 6 nitrogen and oxygen atoms in total. The maximum absolute atomic E-state index is 12.9. The van der Waals surface area contributed by atoms with E-state index in [1.54, 1.807) is 23.9 Å². The van der Waals surface area contributed by atoms with Gasteiger partial charge >= 0.3 is 0 Å². The molecule has 1 aromatic heterocycles. The molecule has 1 saturated heterocycles. The van der Waals surface area contributed by atoms with Crippen LogP contribution in [0, 0.1) is 0 Å². The fourth-order valence-corrected chi connectivity index (χ4v) is 3.27. The molecule has 1 aromatic carbocycles. The molecule has 3 rings (SSSR count). The number of hydrogen-bond acceptors (Lipinski definition) is 3. The third kappa shape index (κ3) is 3.14. The van der Waals surface area contributed by atoms with E-state index >= 15 is 0 Å². The maximum atomic E-state index is 12.9. The standard InChI is InChI=1S/C18H24N4O2/c1-20(2)18(24)16-12-21(3)8-9-22(16)17(23)10-13-11-19-15-7-5-4-6-14(13)15/h4-7,11,16,19H,8-10,12H2,1-3H3. The SMILES string of the molecule is CN1CCN(C(=O)Cc2c[nH]c3ccccc23)C(C(=O)N(C)C)C1. The highest BCUT2D eigenvalue weighted by molar-refractivity contribution is 5.92. The van der Waals surface area contributed by atoms with Crippen molar-refractivity contribution in [3.63, 3.8) is 0 Å². The molecule has 0 bridgehead atoms. The molecule has 128 valence electrons. The monoisotopic (exact) mass is 328 g/mol. The first-order valence-corrected chi connectivity index (χ1v) is 8.21. The Kier molecular flexibility index (Phi) is 4.57. The highest BCUT2D eigenvalue weighted by atomic mass is 16.2. The molecule has 1 N–H and O–H groups in total. The fraction of sp³-hybridized carbons (Fsp3) is 0.444. The number of hydrogen-bond donors (Lipinski definition) is 1. The normalized spacial score (nSPS) is 18.8. The van der Waals surface area contributed by atoms with Gasteiger partial charge in [0.05, 0.1) is 6.42 Å². The number of H-pyrrole nitrogens is 1. The van der Waals surface area contributed by atoms with E-state index in [-0.39, 0.29) is 11.8 Å². The summed E-state index contributed by atoms with van der Waals surface area (Å²) in [5.74, 6) is -0.0121. The molecule has 2 amide bonds. The Labute approximate surface area is 142 Å². The van der Waals surface area contributed by atoms with Gasteiger partial charge in [-0.25, -0.2) is 0 Å². The zero-order chi connectivity index (χ0) is 17.3. The molecule has 0 saturated carbocycles. The molecule has 1 fully saturated rings. The summed E-state index contributed by atoms with van der Waals surface area (Å²) in [6.07, 6.45) is 2.20. The largest absolute Gasteiger partial charge is 0.361 e. The molecule has 1 aliphatic rings. The Morgan fingerprint density at radius 3 is 2.75 bits per heavy atom. The molecule has 1 aliphatic heterocycles. The Hall–Kier alpha value is -2.34. The van der Waals surface area contributed by atoms with Crippen LogP contribution in [0.25, 0.3) is 10.9 Å². The molecular weight excluding hydrogens is 304 g/mol. The second-order valence-electron chi connectivity index (χ2n) is 6.63. The summed E-state index contributed by atoms with van der Waals surface area (Å²) in [6, 6.07) is 7.55. The van der Waals surface area contributed by atoms with Crippen LogP contribution in [-0.2, 0) is 16.0 Å². The highest BCUT2D eigenvalue weighted by Crippen LogP contribution is 2.20. The van der Waals surface area contributed by atoms with Gasteiger partial charge in [0.1, 0.15) is 6.04 Å². The predicted molar refractivity (Wildman–Crippen MR) is 93.7 cm³/mol. The third-order valence-corrected chi connectivity index (χ3v) is 4.65. The topological polar surface area (TPSA) is 59.7 Å². The molecule has 0 radical (unpaired) electrons. The summed E-state index contributed by atoms with van der Waals surface area (Å²) >= 11 is 0. The molecular formula is C18H24N4O2. The van der Waals surface area contributed by atoms with E-state index in [1.807, 2.05) is 37.5 Å². The van der Waals surface area contributed by atoms with Crippen molar-refractivity contribution in [2.24, 2.45) is 0 Å². The van der Waals surface area contributed by atoms with E-state index in [1.165, 1.54) is 0 Å². The lowest BCUT2D eigenvalue weighted by Gasteiger charge is -2.40. The van der Waals surface area contributed by atoms with Gasteiger partial charge in [-0.15, -0.1) is 0 Å². The van der Waals surface area contributed by atoms with Crippen LogP contribution in [0.5, 0.6) is 0 Å². The van der Waals surface area contributed by atoms with Crippen LogP contribution >= 0.6 is 0 Å². The second kappa shape index (κ2) is 6.65. The van der Waals surface area contributed by atoms with Gasteiger partial charge in [0.25, 0.3) is 0 Å². The van der Waals surface area contributed by atoms with Crippen molar-refractivity contribution >= 4 is 22.7 Å². The highest BCUT2D eigenvalue weighted by Gasteiger charge is 2.35. The minimum absolute atomic E-state index is 0.00746. The first-order valence-electron chi connectivity index (χ1n) is 8.21. The molecule has 1 atom stereocenters. The van der Waals surface area contributed by atoms with Crippen molar-refractivity contribution in [1.29, 1.82) is 0 Å². The van der Waals surface area contributed by atoms with E-state index in [0.717, 1.165) is 23.0 Å². The van der Waals surface area contributed by atoms with E-state index in [0.29, 0.717) is 19.5 Å². The number of piperazine rings is 1. The predicted octanol–water partition coefficient (Wildman–Crippen LogP) is 0.941. The average Bonchev–Trinajstić information content (AvgIpc) is 2.97. The minimum atomic E-state index is -0.406. The first kappa shape index (κ1) is 16.5. The number of aromatic amines is 1. The van der Waals surface area contributed by atoms with Crippen molar-refractivity contribution in [3.8, 4) is 0 Å². The average molecular weight is 328 g/mol. The quantitative estimate of drug-likeness (QED) is 0.912. The van der Waals surface area contributed by atoms with E-state index in [9.17, 15) is 9.59 Å².